The van der Waals surface area contributed by atoms with Gasteiger partial charge in [-0.25, -0.2) is 14.8 Å². The Morgan fingerprint density at radius 1 is 1.35 bits per heavy atom. The van der Waals surface area contributed by atoms with Gasteiger partial charge in [-0.3, -0.25) is 0 Å². The standard InChI is InChI=1S/C17H22BrN3O2/c1-4-14-13-8-12(18)5-6-15(13)21-16(20-14)11(7-10(2)3)9-19-17(22)23/h5-6,8,10-11,19H,4,7,9H2,1-3H3,(H,22,23). The minimum Gasteiger partial charge on any atom is -0.465 e. The molecule has 124 valence electrons. The summed E-state index contributed by atoms with van der Waals surface area (Å²) < 4.78 is 1.00. The SMILES string of the molecule is CCc1nc(C(CNC(=O)O)CC(C)C)nc2ccc(Br)cc12. The second kappa shape index (κ2) is 7.73. The van der Waals surface area contributed by atoms with Gasteiger partial charge in [0, 0.05) is 22.3 Å². The van der Waals surface area contributed by atoms with E-state index in [9.17, 15) is 4.79 Å². The summed E-state index contributed by atoms with van der Waals surface area (Å²) in [6.45, 7) is 6.64. The van der Waals surface area contributed by atoms with Gasteiger partial charge in [0.1, 0.15) is 5.82 Å². The van der Waals surface area contributed by atoms with E-state index in [1.165, 1.54) is 0 Å². The van der Waals surface area contributed by atoms with E-state index in [2.05, 4.69) is 42.0 Å². The van der Waals surface area contributed by atoms with Gasteiger partial charge in [-0.15, -0.1) is 0 Å². The number of fused-ring (bicyclic) bond motifs is 1. The number of carbonyl (C=O) groups is 1. The third-order valence-corrected chi connectivity index (χ3v) is 4.20. The van der Waals surface area contributed by atoms with Crippen LogP contribution in [0.25, 0.3) is 10.9 Å². The molecular weight excluding hydrogens is 358 g/mol. The summed E-state index contributed by atoms with van der Waals surface area (Å²) in [6, 6.07) is 5.97. The molecule has 0 aliphatic carbocycles. The Hall–Kier alpha value is -1.69. The van der Waals surface area contributed by atoms with Crippen LogP contribution < -0.4 is 5.32 Å². The number of benzene rings is 1. The summed E-state index contributed by atoms with van der Waals surface area (Å²) in [5.74, 6) is 1.13. The highest BCUT2D eigenvalue weighted by atomic mass is 79.9. The molecule has 1 atom stereocenters. The second-order valence-corrected chi connectivity index (χ2v) is 6.97. The molecule has 0 radical (unpaired) electrons. The molecule has 2 N–H and O–H groups in total. The molecule has 0 spiro atoms. The highest BCUT2D eigenvalue weighted by Gasteiger charge is 2.19. The van der Waals surface area contributed by atoms with Gasteiger partial charge in [-0.2, -0.15) is 0 Å². The maximum absolute atomic E-state index is 10.8. The lowest BCUT2D eigenvalue weighted by Crippen LogP contribution is -2.28. The molecule has 0 fully saturated rings. The summed E-state index contributed by atoms with van der Waals surface area (Å²) in [5, 5.41) is 12.4. The zero-order valence-electron chi connectivity index (χ0n) is 13.6. The predicted octanol–water partition coefficient (Wildman–Crippen LogP) is 4.35. The number of nitrogens with one attached hydrogen (secondary N) is 1. The highest BCUT2D eigenvalue weighted by Crippen LogP contribution is 2.26. The van der Waals surface area contributed by atoms with Crippen LogP contribution in [0.4, 0.5) is 4.79 Å². The second-order valence-electron chi connectivity index (χ2n) is 6.06. The number of carboxylic acid groups (broad SMARTS) is 1. The predicted molar refractivity (Wildman–Crippen MR) is 94.8 cm³/mol. The van der Waals surface area contributed by atoms with Crippen molar-refractivity contribution in [2.75, 3.05) is 6.54 Å². The number of halogens is 1. The van der Waals surface area contributed by atoms with Crippen molar-refractivity contribution in [3.05, 3.63) is 34.2 Å². The molecule has 6 heteroatoms. The Balaban J connectivity index is 2.45. The van der Waals surface area contributed by atoms with E-state index < -0.39 is 6.09 Å². The summed E-state index contributed by atoms with van der Waals surface area (Å²) in [4.78, 5) is 20.3. The van der Waals surface area contributed by atoms with Crippen LogP contribution in [0.15, 0.2) is 22.7 Å². The number of amides is 1. The van der Waals surface area contributed by atoms with Crippen LogP contribution in [0.1, 0.15) is 44.6 Å². The number of hydrogen-bond donors (Lipinski definition) is 2. The van der Waals surface area contributed by atoms with E-state index in [-0.39, 0.29) is 5.92 Å². The maximum Gasteiger partial charge on any atom is 0.404 e. The molecule has 1 unspecified atom stereocenters. The van der Waals surface area contributed by atoms with Crippen molar-refractivity contribution in [2.45, 2.75) is 39.5 Å². The lowest BCUT2D eigenvalue weighted by atomic mass is 9.95. The highest BCUT2D eigenvalue weighted by molar-refractivity contribution is 9.10. The number of aryl methyl sites for hydroxylation is 1. The van der Waals surface area contributed by atoms with Gasteiger partial charge in [0.2, 0.25) is 0 Å². The molecule has 0 saturated carbocycles. The maximum atomic E-state index is 10.8. The third kappa shape index (κ3) is 4.64. The van der Waals surface area contributed by atoms with Crippen molar-refractivity contribution in [3.8, 4) is 0 Å². The topological polar surface area (TPSA) is 75.1 Å². The molecule has 2 aromatic rings. The molecule has 0 aliphatic rings. The van der Waals surface area contributed by atoms with Gasteiger partial charge in [0.05, 0.1) is 11.2 Å². The summed E-state index contributed by atoms with van der Waals surface area (Å²) in [7, 11) is 0. The van der Waals surface area contributed by atoms with Crippen LogP contribution in [0.3, 0.4) is 0 Å². The van der Waals surface area contributed by atoms with Crippen molar-refractivity contribution in [1.29, 1.82) is 0 Å². The van der Waals surface area contributed by atoms with Gasteiger partial charge in [-0.1, -0.05) is 36.7 Å². The quantitative estimate of drug-likeness (QED) is 0.781. The largest absolute Gasteiger partial charge is 0.465 e. The van der Waals surface area contributed by atoms with Gasteiger partial charge < -0.3 is 10.4 Å². The van der Waals surface area contributed by atoms with Crippen LogP contribution in [-0.2, 0) is 6.42 Å². The van der Waals surface area contributed by atoms with Gasteiger partial charge in [0.15, 0.2) is 0 Å². The molecule has 5 nitrogen and oxygen atoms in total. The molecule has 0 aliphatic heterocycles. The Morgan fingerprint density at radius 2 is 2.09 bits per heavy atom. The lowest BCUT2D eigenvalue weighted by molar-refractivity contribution is 0.193. The first-order chi connectivity index (χ1) is 10.9. The van der Waals surface area contributed by atoms with Crippen LogP contribution in [-0.4, -0.2) is 27.7 Å². The average molecular weight is 380 g/mol. The van der Waals surface area contributed by atoms with Crippen LogP contribution in [0.5, 0.6) is 0 Å². The van der Waals surface area contributed by atoms with E-state index in [1.54, 1.807) is 0 Å². The van der Waals surface area contributed by atoms with Gasteiger partial charge >= 0.3 is 6.09 Å². The third-order valence-electron chi connectivity index (χ3n) is 3.71. The summed E-state index contributed by atoms with van der Waals surface area (Å²) >= 11 is 3.49. The van der Waals surface area contributed by atoms with E-state index in [4.69, 9.17) is 15.1 Å². The molecule has 1 aromatic carbocycles. The Kier molecular flexibility index (Phi) is 5.93. The van der Waals surface area contributed by atoms with E-state index in [1.807, 2.05) is 18.2 Å². The number of rotatable bonds is 6. The normalized spacial score (nSPS) is 12.6. The minimum absolute atomic E-state index is 0.0237. The van der Waals surface area contributed by atoms with E-state index in [0.29, 0.717) is 12.5 Å². The molecular formula is C17H22BrN3O2. The summed E-state index contributed by atoms with van der Waals surface area (Å²) in [6.07, 6.45) is 0.633. The minimum atomic E-state index is -1.01. The fraction of sp³-hybridized carbons (Fsp3) is 0.471. The van der Waals surface area contributed by atoms with Crippen molar-refractivity contribution >= 4 is 32.9 Å². The van der Waals surface area contributed by atoms with Crippen molar-refractivity contribution in [3.63, 3.8) is 0 Å². The smallest absolute Gasteiger partial charge is 0.404 e. The van der Waals surface area contributed by atoms with Crippen molar-refractivity contribution < 1.29 is 9.90 Å². The Bertz CT molecular complexity index is 704. The first kappa shape index (κ1) is 17.7. The monoisotopic (exact) mass is 379 g/mol. The average Bonchev–Trinajstić information content (AvgIpc) is 2.49. The van der Waals surface area contributed by atoms with Crippen LogP contribution in [0, 0.1) is 5.92 Å². The zero-order valence-corrected chi connectivity index (χ0v) is 15.2. The van der Waals surface area contributed by atoms with E-state index in [0.717, 1.165) is 39.7 Å². The van der Waals surface area contributed by atoms with Gasteiger partial charge in [-0.05, 0) is 37.0 Å². The number of hydrogen-bond acceptors (Lipinski definition) is 3. The van der Waals surface area contributed by atoms with Crippen LogP contribution in [0.2, 0.25) is 0 Å². The summed E-state index contributed by atoms with van der Waals surface area (Å²) in [5.41, 5.74) is 1.90. The van der Waals surface area contributed by atoms with Gasteiger partial charge in [0.25, 0.3) is 0 Å². The number of nitrogens with zero attached hydrogens (tertiary/aromatic N) is 2. The molecule has 1 amide bonds. The van der Waals surface area contributed by atoms with Crippen LogP contribution >= 0.6 is 15.9 Å². The Labute approximate surface area is 144 Å². The molecule has 1 aromatic heterocycles. The van der Waals surface area contributed by atoms with E-state index >= 15 is 0 Å². The molecule has 2 rings (SSSR count). The first-order valence-corrected chi connectivity index (χ1v) is 8.62. The lowest BCUT2D eigenvalue weighted by Gasteiger charge is -2.19. The van der Waals surface area contributed by atoms with Crippen molar-refractivity contribution in [1.82, 2.24) is 15.3 Å². The molecule has 23 heavy (non-hydrogen) atoms. The van der Waals surface area contributed by atoms with Crippen molar-refractivity contribution in [2.24, 2.45) is 5.92 Å². The molecule has 1 heterocycles. The Morgan fingerprint density at radius 3 is 2.70 bits per heavy atom. The zero-order chi connectivity index (χ0) is 17.0. The fourth-order valence-electron chi connectivity index (χ4n) is 2.70. The fourth-order valence-corrected chi connectivity index (χ4v) is 3.06. The molecule has 0 bridgehead atoms. The number of aromatic nitrogens is 2. The molecule has 0 saturated heterocycles. The first-order valence-electron chi connectivity index (χ1n) is 7.83.